The molecular weight excluding hydrogens is 121 g/mol. The van der Waals surface area contributed by atoms with Gasteiger partial charge in [-0.05, 0) is 6.08 Å². The first-order valence-electron chi connectivity index (χ1n) is 1.64. The molecule has 1 radical (unpaired) electrons. The molecule has 0 fully saturated rings. The highest BCUT2D eigenvalue weighted by Gasteiger charge is 2.35. The molecule has 0 saturated carbocycles. The van der Waals surface area contributed by atoms with Gasteiger partial charge >= 0.3 is 6.18 Å². The first-order chi connectivity index (χ1) is 3.48. The molecule has 1 nitrogen and oxygen atoms in total. The van der Waals surface area contributed by atoms with Crippen molar-refractivity contribution in [3.63, 3.8) is 0 Å². The Morgan fingerprint density at radius 3 is 1.88 bits per heavy atom. The fourth-order valence-electron chi connectivity index (χ4n) is 0.0945. The Morgan fingerprint density at radius 2 is 1.88 bits per heavy atom. The van der Waals surface area contributed by atoms with E-state index >= 15 is 0 Å². The Balaban J connectivity index is 4.02. The minimum atomic E-state index is -4.81. The molecule has 0 heterocycles. The van der Waals surface area contributed by atoms with Crippen LogP contribution < -0.4 is 0 Å². The summed E-state index contributed by atoms with van der Waals surface area (Å²) in [6.45, 7) is 4.26. The number of halogens is 3. The second-order valence-corrected chi connectivity index (χ2v) is 1.03. The first kappa shape index (κ1) is 7.20. The number of hydrogen-bond donors (Lipinski definition) is 0. The number of carbonyl (C=O) groups excluding carboxylic acids is 1. The quantitative estimate of drug-likeness (QED) is 0.477. The maximum atomic E-state index is 11.0. The number of ketones is 1. The number of allylic oxidation sites excluding steroid dienone is 1. The highest BCUT2D eigenvalue weighted by atomic mass is 19.4. The van der Waals surface area contributed by atoms with Gasteiger partial charge < -0.3 is 0 Å². The Bertz CT molecular complexity index is 113. The molecule has 0 spiro atoms. The zero-order chi connectivity index (χ0) is 6.78. The standard InChI is InChI=1S/C4H2F3O/c1-2-3(8)4(5,6)7/h1-2H. The van der Waals surface area contributed by atoms with Gasteiger partial charge in [0.15, 0.2) is 0 Å². The van der Waals surface area contributed by atoms with Crippen LogP contribution in [0.1, 0.15) is 0 Å². The van der Waals surface area contributed by atoms with E-state index in [9.17, 15) is 18.0 Å². The molecule has 0 aliphatic rings. The maximum Gasteiger partial charge on any atom is 0.454 e. The number of rotatable bonds is 1. The van der Waals surface area contributed by atoms with Crippen molar-refractivity contribution in [2.24, 2.45) is 0 Å². The molecule has 8 heavy (non-hydrogen) atoms. The highest BCUT2D eigenvalue weighted by Crippen LogP contribution is 2.15. The van der Waals surface area contributed by atoms with Gasteiger partial charge in [0.25, 0.3) is 5.78 Å². The molecule has 0 rings (SSSR count). The smallest absolute Gasteiger partial charge is 0.285 e. The highest BCUT2D eigenvalue weighted by molar-refractivity contribution is 5.93. The van der Waals surface area contributed by atoms with E-state index in [0.29, 0.717) is 0 Å². The lowest BCUT2D eigenvalue weighted by Gasteiger charge is -1.96. The van der Waals surface area contributed by atoms with Gasteiger partial charge in [0, 0.05) is 0 Å². The summed E-state index contributed by atoms with van der Waals surface area (Å²) in [6.07, 6.45) is -4.82. The SMILES string of the molecule is [CH]=CC(=O)C(F)(F)F. The van der Waals surface area contributed by atoms with Crippen molar-refractivity contribution in [3.8, 4) is 0 Å². The Labute approximate surface area is 43.8 Å². The van der Waals surface area contributed by atoms with Gasteiger partial charge in [-0.2, -0.15) is 13.2 Å². The molecule has 0 N–H and O–H groups in total. The molecule has 0 atom stereocenters. The zero-order valence-corrected chi connectivity index (χ0v) is 3.70. The van der Waals surface area contributed by atoms with E-state index < -0.39 is 12.0 Å². The summed E-state index contributed by atoms with van der Waals surface area (Å²) in [6, 6.07) is 0. The fraction of sp³-hybridized carbons (Fsp3) is 0.250. The molecular formula is C4H2F3O. The van der Waals surface area contributed by atoms with E-state index in [1.54, 1.807) is 0 Å². The van der Waals surface area contributed by atoms with E-state index in [2.05, 4.69) is 6.58 Å². The molecule has 0 amide bonds. The molecule has 45 valence electrons. The van der Waals surface area contributed by atoms with Crippen LogP contribution in [0.4, 0.5) is 13.2 Å². The lowest BCUT2D eigenvalue weighted by molar-refractivity contribution is -0.165. The second-order valence-electron chi connectivity index (χ2n) is 1.03. The minimum Gasteiger partial charge on any atom is -0.285 e. The molecule has 0 unspecified atom stereocenters. The second kappa shape index (κ2) is 1.98. The van der Waals surface area contributed by atoms with Gasteiger partial charge in [0.05, 0.1) is 0 Å². The van der Waals surface area contributed by atoms with Crippen LogP contribution in [0.5, 0.6) is 0 Å². The predicted molar refractivity (Wildman–Crippen MR) is 19.9 cm³/mol. The lowest BCUT2D eigenvalue weighted by atomic mass is 10.4. The van der Waals surface area contributed by atoms with Gasteiger partial charge in [-0.1, -0.05) is 6.58 Å². The maximum absolute atomic E-state index is 11.0. The van der Waals surface area contributed by atoms with E-state index in [0.717, 1.165) is 0 Å². The van der Waals surface area contributed by atoms with Crippen LogP contribution in [0.3, 0.4) is 0 Å². The van der Waals surface area contributed by atoms with Gasteiger partial charge in [0.2, 0.25) is 0 Å². The van der Waals surface area contributed by atoms with Crippen LogP contribution in [0.25, 0.3) is 0 Å². The van der Waals surface area contributed by atoms with E-state index in [1.807, 2.05) is 0 Å². The number of alkyl halides is 3. The fourth-order valence-corrected chi connectivity index (χ4v) is 0.0945. The van der Waals surface area contributed by atoms with Crippen molar-refractivity contribution in [1.82, 2.24) is 0 Å². The van der Waals surface area contributed by atoms with E-state index in [1.165, 1.54) is 0 Å². The Kier molecular flexibility index (Phi) is 1.78. The largest absolute Gasteiger partial charge is 0.454 e. The Hall–Kier alpha value is -0.800. The molecule has 0 aromatic carbocycles. The molecule has 0 aliphatic heterocycles. The molecule has 0 aromatic heterocycles. The number of carbonyl (C=O) groups is 1. The van der Waals surface area contributed by atoms with Gasteiger partial charge in [0.1, 0.15) is 0 Å². The van der Waals surface area contributed by atoms with Crippen molar-refractivity contribution >= 4 is 5.78 Å². The average molecular weight is 123 g/mol. The van der Waals surface area contributed by atoms with Crippen molar-refractivity contribution in [3.05, 3.63) is 12.7 Å². The molecule has 0 bridgehead atoms. The van der Waals surface area contributed by atoms with Crippen molar-refractivity contribution < 1.29 is 18.0 Å². The monoisotopic (exact) mass is 123 g/mol. The van der Waals surface area contributed by atoms with Gasteiger partial charge in [-0.15, -0.1) is 0 Å². The van der Waals surface area contributed by atoms with Crippen molar-refractivity contribution in [2.45, 2.75) is 6.18 Å². The lowest BCUT2D eigenvalue weighted by Crippen LogP contribution is -2.19. The third-order valence-electron chi connectivity index (χ3n) is 0.431. The molecule has 0 aliphatic carbocycles. The van der Waals surface area contributed by atoms with E-state index in [-0.39, 0.29) is 6.08 Å². The normalized spacial score (nSPS) is 10.9. The predicted octanol–water partition coefficient (Wildman–Crippen LogP) is 1.11. The van der Waals surface area contributed by atoms with E-state index in [4.69, 9.17) is 0 Å². The molecule has 0 saturated heterocycles. The summed E-state index contributed by atoms with van der Waals surface area (Å²) in [7, 11) is 0. The minimum absolute atomic E-state index is 0.0139. The van der Waals surface area contributed by atoms with Crippen LogP contribution in [0.15, 0.2) is 6.08 Å². The Morgan fingerprint density at radius 1 is 1.50 bits per heavy atom. The van der Waals surface area contributed by atoms with Crippen LogP contribution >= 0.6 is 0 Å². The summed E-state index contributed by atoms with van der Waals surface area (Å²) in [5.74, 6) is -2.02. The first-order valence-corrected chi connectivity index (χ1v) is 1.64. The molecule has 4 heteroatoms. The van der Waals surface area contributed by atoms with Crippen molar-refractivity contribution in [2.75, 3.05) is 0 Å². The third kappa shape index (κ3) is 1.77. The van der Waals surface area contributed by atoms with Gasteiger partial charge in [-0.25, -0.2) is 0 Å². The summed E-state index contributed by atoms with van der Waals surface area (Å²) in [5, 5.41) is 0. The third-order valence-corrected chi connectivity index (χ3v) is 0.431. The van der Waals surface area contributed by atoms with Crippen molar-refractivity contribution in [1.29, 1.82) is 0 Å². The molecule has 0 aromatic rings. The average Bonchev–Trinajstić information content (AvgIpc) is 1.62. The summed E-state index contributed by atoms with van der Waals surface area (Å²) in [5.41, 5.74) is 0. The summed E-state index contributed by atoms with van der Waals surface area (Å²) in [4.78, 5) is 9.53. The zero-order valence-electron chi connectivity index (χ0n) is 3.70. The van der Waals surface area contributed by atoms with Crippen LogP contribution in [-0.2, 0) is 4.79 Å². The topological polar surface area (TPSA) is 17.1 Å². The number of hydrogen-bond acceptors (Lipinski definition) is 1. The summed E-state index contributed by atoms with van der Waals surface area (Å²) >= 11 is 0. The summed E-state index contributed by atoms with van der Waals surface area (Å²) < 4.78 is 33.0. The van der Waals surface area contributed by atoms with Crippen LogP contribution in [0, 0.1) is 6.58 Å². The van der Waals surface area contributed by atoms with Gasteiger partial charge in [-0.3, -0.25) is 4.79 Å². The van der Waals surface area contributed by atoms with Crippen LogP contribution in [-0.4, -0.2) is 12.0 Å². The van der Waals surface area contributed by atoms with Crippen LogP contribution in [0.2, 0.25) is 0 Å².